The van der Waals surface area contributed by atoms with Crippen LogP contribution in [0.3, 0.4) is 0 Å². The molecule has 2 fully saturated rings. The Morgan fingerprint density at radius 2 is 2.15 bits per heavy atom. The SMILES string of the molecule is Clc1nccc(N2CC3(CC3)C2)n1. The van der Waals surface area contributed by atoms with Crippen LogP contribution in [-0.4, -0.2) is 23.1 Å². The monoisotopic (exact) mass is 195 g/mol. The van der Waals surface area contributed by atoms with Crippen molar-refractivity contribution in [3.8, 4) is 0 Å². The quantitative estimate of drug-likeness (QED) is 0.640. The third-order valence-electron chi connectivity index (χ3n) is 2.95. The Hall–Kier alpha value is -0.830. The fourth-order valence-corrected chi connectivity index (χ4v) is 2.06. The van der Waals surface area contributed by atoms with Gasteiger partial charge in [-0.1, -0.05) is 0 Å². The van der Waals surface area contributed by atoms with Crippen LogP contribution in [0.1, 0.15) is 12.8 Å². The molecule has 0 radical (unpaired) electrons. The third kappa shape index (κ3) is 1.18. The molecule has 3 rings (SSSR count). The molecule has 0 bridgehead atoms. The zero-order valence-electron chi connectivity index (χ0n) is 7.20. The Kier molecular flexibility index (Phi) is 1.37. The summed E-state index contributed by atoms with van der Waals surface area (Å²) in [5.41, 5.74) is 0.664. The van der Waals surface area contributed by atoms with Gasteiger partial charge < -0.3 is 4.90 Å². The van der Waals surface area contributed by atoms with Crippen LogP contribution in [0.2, 0.25) is 5.28 Å². The highest BCUT2D eigenvalue weighted by Gasteiger charge is 2.52. The molecule has 13 heavy (non-hydrogen) atoms. The zero-order valence-corrected chi connectivity index (χ0v) is 7.96. The molecule has 4 heteroatoms. The number of hydrogen-bond acceptors (Lipinski definition) is 3. The summed E-state index contributed by atoms with van der Waals surface area (Å²) >= 11 is 5.71. The number of aromatic nitrogens is 2. The van der Waals surface area contributed by atoms with E-state index in [1.807, 2.05) is 6.07 Å². The Morgan fingerprint density at radius 3 is 2.77 bits per heavy atom. The minimum atomic E-state index is 0.342. The second kappa shape index (κ2) is 2.35. The fourth-order valence-electron chi connectivity index (χ4n) is 1.92. The van der Waals surface area contributed by atoms with E-state index in [-0.39, 0.29) is 0 Å². The van der Waals surface area contributed by atoms with E-state index in [1.165, 1.54) is 12.8 Å². The number of anilines is 1. The lowest BCUT2D eigenvalue weighted by Gasteiger charge is -2.40. The van der Waals surface area contributed by atoms with Gasteiger partial charge in [-0.2, -0.15) is 0 Å². The summed E-state index contributed by atoms with van der Waals surface area (Å²) in [6.07, 6.45) is 4.49. The first-order chi connectivity index (χ1) is 6.27. The van der Waals surface area contributed by atoms with Gasteiger partial charge in [0.15, 0.2) is 0 Å². The van der Waals surface area contributed by atoms with Crippen molar-refractivity contribution in [3.63, 3.8) is 0 Å². The molecule has 0 unspecified atom stereocenters. The minimum absolute atomic E-state index is 0.342. The van der Waals surface area contributed by atoms with Crippen LogP contribution in [0, 0.1) is 5.41 Å². The number of nitrogens with zero attached hydrogens (tertiary/aromatic N) is 3. The highest BCUT2D eigenvalue weighted by atomic mass is 35.5. The topological polar surface area (TPSA) is 29.0 Å². The van der Waals surface area contributed by atoms with Crippen LogP contribution < -0.4 is 4.90 Å². The van der Waals surface area contributed by atoms with E-state index in [1.54, 1.807) is 6.20 Å². The van der Waals surface area contributed by atoms with Crippen molar-refractivity contribution in [2.45, 2.75) is 12.8 Å². The van der Waals surface area contributed by atoms with Crippen LogP contribution in [-0.2, 0) is 0 Å². The molecule has 1 saturated carbocycles. The van der Waals surface area contributed by atoms with E-state index >= 15 is 0 Å². The van der Waals surface area contributed by atoms with E-state index in [2.05, 4.69) is 14.9 Å². The van der Waals surface area contributed by atoms with Crippen LogP contribution in [0.4, 0.5) is 5.82 Å². The molecule has 68 valence electrons. The molecule has 1 aliphatic carbocycles. The summed E-state index contributed by atoms with van der Waals surface area (Å²) in [5, 5.41) is 0.342. The molecule has 1 spiro atoms. The summed E-state index contributed by atoms with van der Waals surface area (Å²) in [6, 6.07) is 1.92. The summed E-state index contributed by atoms with van der Waals surface area (Å²) in [5.74, 6) is 0.970. The van der Waals surface area contributed by atoms with Gasteiger partial charge in [0.25, 0.3) is 0 Å². The number of halogens is 1. The van der Waals surface area contributed by atoms with Crippen LogP contribution in [0.25, 0.3) is 0 Å². The van der Waals surface area contributed by atoms with Crippen molar-refractivity contribution in [1.29, 1.82) is 0 Å². The van der Waals surface area contributed by atoms with Crippen LogP contribution in [0.15, 0.2) is 12.3 Å². The molecule has 0 amide bonds. The first-order valence-corrected chi connectivity index (χ1v) is 4.89. The van der Waals surface area contributed by atoms with Crippen molar-refractivity contribution in [2.24, 2.45) is 5.41 Å². The Morgan fingerprint density at radius 1 is 1.38 bits per heavy atom. The Balaban J connectivity index is 1.78. The molecule has 1 saturated heterocycles. The summed E-state index contributed by atoms with van der Waals surface area (Å²) in [6.45, 7) is 2.31. The summed E-state index contributed by atoms with van der Waals surface area (Å²) < 4.78 is 0. The first-order valence-electron chi connectivity index (χ1n) is 4.51. The average molecular weight is 196 g/mol. The average Bonchev–Trinajstić information content (AvgIpc) is 2.80. The van der Waals surface area contributed by atoms with Gasteiger partial charge in [-0.15, -0.1) is 0 Å². The highest BCUT2D eigenvalue weighted by molar-refractivity contribution is 6.28. The predicted molar refractivity (Wildman–Crippen MR) is 50.9 cm³/mol. The third-order valence-corrected chi connectivity index (χ3v) is 3.13. The maximum absolute atomic E-state index is 5.71. The standard InChI is InChI=1S/C9H10ClN3/c10-8-11-4-1-7(12-8)13-5-9(6-13)2-3-9/h1,4H,2-3,5-6H2. The first kappa shape index (κ1) is 7.56. The van der Waals surface area contributed by atoms with Crippen molar-refractivity contribution in [1.82, 2.24) is 9.97 Å². The summed E-state index contributed by atoms with van der Waals surface area (Å²) in [7, 11) is 0. The largest absolute Gasteiger partial charge is 0.355 e. The van der Waals surface area contributed by atoms with E-state index < -0.39 is 0 Å². The van der Waals surface area contributed by atoms with Crippen molar-refractivity contribution in [3.05, 3.63) is 17.5 Å². The lowest BCUT2D eigenvalue weighted by molar-refractivity contribution is 0.384. The van der Waals surface area contributed by atoms with Crippen molar-refractivity contribution >= 4 is 17.4 Å². The molecule has 1 aliphatic heterocycles. The van der Waals surface area contributed by atoms with E-state index in [0.29, 0.717) is 10.7 Å². The second-order valence-electron chi connectivity index (χ2n) is 4.04. The predicted octanol–water partition coefficient (Wildman–Crippen LogP) is 1.73. The minimum Gasteiger partial charge on any atom is -0.355 e. The van der Waals surface area contributed by atoms with Crippen LogP contribution >= 0.6 is 11.6 Å². The van der Waals surface area contributed by atoms with Gasteiger partial charge >= 0.3 is 0 Å². The molecule has 2 heterocycles. The smallest absolute Gasteiger partial charge is 0.224 e. The summed E-state index contributed by atoms with van der Waals surface area (Å²) in [4.78, 5) is 10.3. The van der Waals surface area contributed by atoms with Gasteiger partial charge in [0.2, 0.25) is 5.28 Å². The lowest BCUT2D eigenvalue weighted by Crippen LogP contribution is -2.48. The lowest BCUT2D eigenvalue weighted by atomic mass is 9.97. The van der Waals surface area contributed by atoms with Gasteiger partial charge in [-0.3, -0.25) is 0 Å². The van der Waals surface area contributed by atoms with Gasteiger partial charge in [-0.05, 0) is 30.5 Å². The number of hydrogen-bond donors (Lipinski definition) is 0. The maximum Gasteiger partial charge on any atom is 0.224 e. The molecule has 3 nitrogen and oxygen atoms in total. The maximum atomic E-state index is 5.71. The Bertz CT molecular complexity index is 340. The van der Waals surface area contributed by atoms with Gasteiger partial charge in [0.1, 0.15) is 5.82 Å². The zero-order chi connectivity index (χ0) is 8.89. The van der Waals surface area contributed by atoms with E-state index in [0.717, 1.165) is 18.9 Å². The molecular weight excluding hydrogens is 186 g/mol. The van der Waals surface area contributed by atoms with Crippen molar-refractivity contribution in [2.75, 3.05) is 18.0 Å². The molecule has 2 aliphatic rings. The number of rotatable bonds is 1. The van der Waals surface area contributed by atoms with E-state index in [4.69, 9.17) is 11.6 Å². The normalized spacial score (nSPS) is 23.0. The van der Waals surface area contributed by atoms with Gasteiger partial charge in [0.05, 0.1) is 0 Å². The van der Waals surface area contributed by atoms with Crippen molar-refractivity contribution < 1.29 is 0 Å². The molecule has 0 N–H and O–H groups in total. The molecule has 0 aromatic carbocycles. The molecular formula is C9H10ClN3. The molecule has 0 atom stereocenters. The van der Waals surface area contributed by atoms with Gasteiger partial charge in [-0.25, -0.2) is 9.97 Å². The van der Waals surface area contributed by atoms with E-state index in [9.17, 15) is 0 Å². The second-order valence-corrected chi connectivity index (χ2v) is 4.38. The Labute approximate surface area is 81.7 Å². The molecule has 1 aromatic heterocycles. The fraction of sp³-hybridized carbons (Fsp3) is 0.556. The molecule has 1 aromatic rings. The highest BCUT2D eigenvalue weighted by Crippen LogP contribution is 2.53. The van der Waals surface area contributed by atoms with Crippen LogP contribution in [0.5, 0.6) is 0 Å². The van der Waals surface area contributed by atoms with Gasteiger partial charge in [0, 0.05) is 24.7 Å².